The summed E-state index contributed by atoms with van der Waals surface area (Å²) in [7, 11) is 3.40. The summed E-state index contributed by atoms with van der Waals surface area (Å²) < 4.78 is 6.72. The molecule has 0 unspecified atom stereocenters. The van der Waals surface area contributed by atoms with Gasteiger partial charge in [0.05, 0.1) is 24.4 Å². The Morgan fingerprint density at radius 1 is 1.35 bits per heavy atom. The van der Waals surface area contributed by atoms with Gasteiger partial charge in [-0.15, -0.1) is 0 Å². The maximum atomic E-state index is 12.2. The van der Waals surface area contributed by atoms with Gasteiger partial charge in [-0.2, -0.15) is 5.10 Å². The number of hydrogen-bond acceptors (Lipinski definition) is 4. The minimum atomic E-state index is -0.123. The van der Waals surface area contributed by atoms with Gasteiger partial charge >= 0.3 is 6.03 Å². The number of benzene rings is 1. The van der Waals surface area contributed by atoms with Crippen molar-refractivity contribution in [2.75, 3.05) is 20.8 Å². The summed E-state index contributed by atoms with van der Waals surface area (Å²) in [4.78, 5) is 17.8. The Bertz CT molecular complexity index is 612. The zero-order chi connectivity index (χ0) is 16.8. The summed E-state index contributed by atoms with van der Waals surface area (Å²) in [5.74, 6) is 0. The maximum Gasteiger partial charge on any atom is 0.317 e. The Hall–Kier alpha value is -2.41. The largest absolute Gasteiger partial charge is 0.383 e. The molecule has 0 saturated carbocycles. The molecule has 1 heterocycles. The first-order valence-electron chi connectivity index (χ1n) is 7.50. The number of rotatable bonds is 6. The van der Waals surface area contributed by atoms with Crippen LogP contribution >= 0.6 is 0 Å². The van der Waals surface area contributed by atoms with E-state index in [1.807, 2.05) is 38.1 Å². The normalized spacial score (nSPS) is 13.4. The molecule has 0 aliphatic rings. The van der Waals surface area contributed by atoms with Crippen molar-refractivity contribution in [3.63, 3.8) is 0 Å². The van der Waals surface area contributed by atoms with E-state index in [0.717, 1.165) is 11.3 Å². The van der Waals surface area contributed by atoms with Gasteiger partial charge in [-0.1, -0.05) is 12.1 Å². The van der Waals surface area contributed by atoms with Crippen molar-refractivity contribution in [2.24, 2.45) is 0 Å². The molecule has 0 radical (unpaired) electrons. The Balaban J connectivity index is 2.01. The SMILES string of the molecule is COC[C@H](C)NC(=O)N(C)[C@@H](C)c1ccc(-n2cncn2)cc1. The Morgan fingerprint density at radius 3 is 2.61 bits per heavy atom. The van der Waals surface area contributed by atoms with Gasteiger partial charge in [0.1, 0.15) is 12.7 Å². The minimum absolute atomic E-state index is 0.0307. The molecule has 0 saturated heterocycles. The van der Waals surface area contributed by atoms with Gasteiger partial charge in [0, 0.05) is 14.2 Å². The van der Waals surface area contributed by atoms with Gasteiger partial charge in [-0.05, 0) is 31.5 Å². The van der Waals surface area contributed by atoms with E-state index in [9.17, 15) is 4.79 Å². The average Bonchev–Trinajstić information content (AvgIpc) is 3.08. The molecular formula is C16H23N5O2. The molecule has 2 aromatic rings. The molecule has 0 aliphatic heterocycles. The summed E-state index contributed by atoms with van der Waals surface area (Å²) >= 11 is 0. The van der Waals surface area contributed by atoms with Crippen molar-refractivity contribution in [1.29, 1.82) is 0 Å². The van der Waals surface area contributed by atoms with Crippen LogP contribution in [0.4, 0.5) is 4.79 Å². The van der Waals surface area contributed by atoms with E-state index >= 15 is 0 Å². The summed E-state index contributed by atoms with van der Waals surface area (Å²) in [6.07, 6.45) is 3.14. The summed E-state index contributed by atoms with van der Waals surface area (Å²) in [6, 6.07) is 7.70. The quantitative estimate of drug-likeness (QED) is 0.884. The number of carbonyl (C=O) groups is 1. The molecule has 0 aliphatic carbocycles. The first kappa shape index (κ1) is 17.0. The third-order valence-corrected chi connectivity index (χ3v) is 3.75. The second-order valence-corrected chi connectivity index (χ2v) is 5.52. The summed E-state index contributed by atoms with van der Waals surface area (Å²) in [6.45, 7) is 4.39. The molecule has 0 fully saturated rings. The van der Waals surface area contributed by atoms with Gasteiger partial charge in [-0.25, -0.2) is 14.5 Å². The van der Waals surface area contributed by atoms with E-state index in [1.165, 1.54) is 6.33 Å². The van der Waals surface area contributed by atoms with Crippen LogP contribution in [0.2, 0.25) is 0 Å². The zero-order valence-electron chi connectivity index (χ0n) is 13.9. The minimum Gasteiger partial charge on any atom is -0.383 e. The van der Waals surface area contributed by atoms with Crippen LogP contribution in [0.1, 0.15) is 25.5 Å². The third-order valence-electron chi connectivity index (χ3n) is 3.75. The molecule has 1 aromatic carbocycles. The van der Waals surface area contributed by atoms with Crippen molar-refractivity contribution >= 4 is 6.03 Å². The molecule has 2 amide bonds. The number of carbonyl (C=O) groups excluding carboxylic acids is 1. The Morgan fingerprint density at radius 2 is 2.04 bits per heavy atom. The highest BCUT2D eigenvalue weighted by Gasteiger charge is 2.18. The van der Waals surface area contributed by atoms with E-state index in [4.69, 9.17) is 4.74 Å². The lowest BCUT2D eigenvalue weighted by Gasteiger charge is -2.27. The number of amides is 2. The van der Waals surface area contributed by atoms with E-state index in [2.05, 4.69) is 15.4 Å². The van der Waals surface area contributed by atoms with Crippen molar-refractivity contribution in [3.05, 3.63) is 42.5 Å². The predicted molar refractivity (Wildman–Crippen MR) is 87.4 cm³/mol. The van der Waals surface area contributed by atoms with Gasteiger partial charge in [-0.3, -0.25) is 0 Å². The lowest BCUT2D eigenvalue weighted by molar-refractivity contribution is 0.158. The van der Waals surface area contributed by atoms with E-state index in [0.29, 0.717) is 6.61 Å². The molecule has 23 heavy (non-hydrogen) atoms. The van der Waals surface area contributed by atoms with Crippen LogP contribution in [0.5, 0.6) is 0 Å². The van der Waals surface area contributed by atoms with Gasteiger partial charge in [0.15, 0.2) is 0 Å². The number of hydrogen-bond donors (Lipinski definition) is 1. The highest BCUT2D eigenvalue weighted by atomic mass is 16.5. The van der Waals surface area contributed by atoms with Crippen LogP contribution in [0.3, 0.4) is 0 Å². The van der Waals surface area contributed by atoms with Crippen LogP contribution in [0, 0.1) is 0 Å². The number of urea groups is 1. The average molecular weight is 317 g/mol. The van der Waals surface area contributed by atoms with E-state index < -0.39 is 0 Å². The van der Waals surface area contributed by atoms with E-state index in [1.54, 1.807) is 30.1 Å². The van der Waals surface area contributed by atoms with Crippen molar-refractivity contribution in [3.8, 4) is 5.69 Å². The molecule has 0 bridgehead atoms. The molecule has 7 nitrogen and oxygen atoms in total. The Labute approximate surface area is 136 Å². The van der Waals surface area contributed by atoms with Gasteiger partial charge in [0.25, 0.3) is 0 Å². The van der Waals surface area contributed by atoms with Gasteiger partial charge < -0.3 is 15.0 Å². The number of nitrogens with zero attached hydrogens (tertiary/aromatic N) is 4. The number of nitrogens with one attached hydrogen (secondary N) is 1. The number of methoxy groups -OCH3 is 1. The fourth-order valence-corrected chi connectivity index (χ4v) is 2.25. The van der Waals surface area contributed by atoms with Crippen molar-refractivity contribution in [2.45, 2.75) is 25.9 Å². The molecule has 1 aromatic heterocycles. The first-order valence-corrected chi connectivity index (χ1v) is 7.50. The van der Waals surface area contributed by atoms with Crippen molar-refractivity contribution in [1.82, 2.24) is 25.0 Å². The zero-order valence-corrected chi connectivity index (χ0v) is 13.9. The molecule has 1 N–H and O–H groups in total. The van der Waals surface area contributed by atoms with Gasteiger partial charge in [0.2, 0.25) is 0 Å². The second-order valence-electron chi connectivity index (χ2n) is 5.52. The smallest absolute Gasteiger partial charge is 0.317 e. The fraction of sp³-hybridized carbons (Fsp3) is 0.438. The van der Waals surface area contributed by atoms with E-state index in [-0.39, 0.29) is 18.1 Å². The highest BCUT2D eigenvalue weighted by molar-refractivity contribution is 5.74. The van der Waals surface area contributed by atoms with Crippen LogP contribution in [0.25, 0.3) is 5.69 Å². The standard InChI is InChI=1S/C16H23N5O2/c1-12(9-23-4)19-16(22)20(3)13(2)14-5-7-15(8-6-14)21-11-17-10-18-21/h5-8,10-13H,9H2,1-4H3,(H,19,22)/t12-,13-/m0/s1. The van der Waals surface area contributed by atoms with Crippen LogP contribution in [-0.2, 0) is 4.74 Å². The molecule has 0 spiro atoms. The second kappa shape index (κ2) is 7.73. The van der Waals surface area contributed by atoms with Crippen LogP contribution in [-0.4, -0.2) is 52.5 Å². The topological polar surface area (TPSA) is 72.3 Å². The maximum absolute atomic E-state index is 12.2. The number of aromatic nitrogens is 3. The monoisotopic (exact) mass is 317 g/mol. The third kappa shape index (κ3) is 4.29. The predicted octanol–water partition coefficient (Wildman–Crippen LogP) is 2.00. The van der Waals surface area contributed by atoms with Crippen LogP contribution < -0.4 is 5.32 Å². The molecular weight excluding hydrogens is 294 g/mol. The summed E-state index contributed by atoms with van der Waals surface area (Å²) in [5, 5.41) is 7.00. The first-order chi connectivity index (χ1) is 11.0. The molecule has 2 rings (SSSR count). The van der Waals surface area contributed by atoms with Crippen LogP contribution in [0.15, 0.2) is 36.9 Å². The number of ether oxygens (including phenoxy) is 1. The van der Waals surface area contributed by atoms with Crippen molar-refractivity contribution < 1.29 is 9.53 Å². The lowest BCUT2D eigenvalue weighted by Crippen LogP contribution is -2.44. The molecule has 124 valence electrons. The lowest BCUT2D eigenvalue weighted by atomic mass is 10.1. The Kier molecular flexibility index (Phi) is 5.70. The molecule has 2 atom stereocenters. The molecule has 7 heteroatoms. The fourth-order valence-electron chi connectivity index (χ4n) is 2.25. The summed E-state index contributed by atoms with van der Waals surface area (Å²) in [5.41, 5.74) is 1.98. The highest BCUT2D eigenvalue weighted by Crippen LogP contribution is 2.20.